The first kappa shape index (κ1) is 11.7. The molecule has 0 unspecified atom stereocenters. The Labute approximate surface area is 111 Å². The molecule has 0 aliphatic rings. The minimum atomic E-state index is 0.286. The molecule has 0 saturated carbocycles. The molecule has 0 fully saturated rings. The van der Waals surface area contributed by atoms with E-state index in [-0.39, 0.29) is 5.75 Å². The Morgan fingerprint density at radius 3 is 2.84 bits per heavy atom. The molecule has 4 nitrogen and oxygen atoms in total. The van der Waals surface area contributed by atoms with Crippen LogP contribution in [0, 0.1) is 0 Å². The fourth-order valence-corrected chi connectivity index (χ4v) is 2.33. The third-order valence-corrected chi connectivity index (χ3v) is 3.39. The van der Waals surface area contributed by atoms with E-state index in [2.05, 4.69) is 4.98 Å². The molecule has 1 aromatic carbocycles. The number of aromatic hydroxyl groups is 1. The van der Waals surface area contributed by atoms with Crippen LogP contribution >= 0.6 is 0 Å². The van der Waals surface area contributed by atoms with E-state index >= 15 is 0 Å². The first-order chi connectivity index (χ1) is 9.20. The molecule has 0 atom stereocenters. The van der Waals surface area contributed by atoms with Gasteiger partial charge in [0.1, 0.15) is 5.75 Å². The molecule has 2 heterocycles. The summed E-state index contributed by atoms with van der Waals surface area (Å²) < 4.78 is 2.03. The van der Waals surface area contributed by atoms with Gasteiger partial charge in [0.05, 0.1) is 16.9 Å². The van der Waals surface area contributed by atoms with Gasteiger partial charge in [-0.15, -0.1) is 0 Å². The number of fused-ring (bicyclic) bond motifs is 1. The summed E-state index contributed by atoms with van der Waals surface area (Å²) in [7, 11) is 1.97. The van der Waals surface area contributed by atoms with Gasteiger partial charge in [0.2, 0.25) is 0 Å². The van der Waals surface area contributed by atoms with Gasteiger partial charge >= 0.3 is 0 Å². The van der Waals surface area contributed by atoms with Crippen molar-refractivity contribution in [2.75, 3.05) is 0 Å². The molecule has 0 saturated heterocycles. The Kier molecular flexibility index (Phi) is 2.72. The van der Waals surface area contributed by atoms with Crippen molar-refractivity contribution < 1.29 is 5.11 Å². The maximum atomic E-state index is 9.90. The SMILES string of the molecule is Cn1c(-c2cc(CN)ccn2)cc2c(O)cccc21. The summed E-state index contributed by atoms with van der Waals surface area (Å²) >= 11 is 0. The van der Waals surface area contributed by atoms with Crippen LogP contribution in [0.1, 0.15) is 5.56 Å². The summed E-state index contributed by atoms with van der Waals surface area (Å²) in [4.78, 5) is 4.39. The fraction of sp³-hybridized carbons (Fsp3) is 0.133. The van der Waals surface area contributed by atoms with Gasteiger partial charge in [0, 0.05) is 25.2 Å². The average Bonchev–Trinajstić information content (AvgIpc) is 2.78. The Morgan fingerprint density at radius 2 is 2.11 bits per heavy atom. The lowest BCUT2D eigenvalue weighted by molar-refractivity contribution is 0.481. The highest BCUT2D eigenvalue weighted by Gasteiger charge is 2.11. The van der Waals surface area contributed by atoms with Gasteiger partial charge in [0.15, 0.2) is 0 Å². The van der Waals surface area contributed by atoms with Crippen molar-refractivity contribution in [3.05, 3.63) is 48.2 Å². The zero-order valence-corrected chi connectivity index (χ0v) is 10.7. The normalized spacial score (nSPS) is 11.1. The second-order valence-electron chi connectivity index (χ2n) is 4.55. The number of pyridine rings is 1. The van der Waals surface area contributed by atoms with Crippen LogP contribution in [0.15, 0.2) is 42.6 Å². The van der Waals surface area contributed by atoms with Crippen molar-refractivity contribution >= 4 is 10.9 Å². The van der Waals surface area contributed by atoms with Gasteiger partial charge in [-0.3, -0.25) is 4.98 Å². The molecular formula is C15H15N3O. The van der Waals surface area contributed by atoms with Gasteiger partial charge in [-0.2, -0.15) is 0 Å². The van der Waals surface area contributed by atoms with Crippen molar-refractivity contribution in [1.29, 1.82) is 0 Å². The lowest BCUT2D eigenvalue weighted by atomic mass is 10.2. The summed E-state index contributed by atoms with van der Waals surface area (Å²) in [5.41, 5.74) is 9.51. The van der Waals surface area contributed by atoms with Crippen molar-refractivity contribution in [2.24, 2.45) is 12.8 Å². The van der Waals surface area contributed by atoms with Crippen molar-refractivity contribution in [3.63, 3.8) is 0 Å². The van der Waals surface area contributed by atoms with Crippen LogP contribution < -0.4 is 5.73 Å². The zero-order valence-electron chi connectivity index (χ0n) is 10.7. The number of hydrogen-bond acceptors (Lipinski definition) is 3. The predicted molar refractivity (Wildman–Crippen MR) is 75.7 cm³/mol. The minimum absolute atomic E-state index is 0.286. The van der Waals surface area contributed by atoms with Gasteiger partial charge in [-0.25, -0.2) is 0 Å². The van der Waals surface area contributed by atoms with Crippen LogP contribution in [0.2, 0.25) is 0 Å². The molecule has 0 amide bonds. The number of phenols is 1. The van der Waals surface area contributed by atoms with Crippen LogP contribution in [0.25, 0.3) is 22.3 Å². The van der Waals surface area contributed by atoms with E-state index in [1.54, 1.807) is 12.3 Å². The van der Waals surface area contributed by atoms with Gasteiger partial charge < -0.3 is 15.4 Å². The smallest absolute Gasteiger partial charge is 0.124 e. The summed E-state index contributed by atoms with van der Waals surface area (Å²) in [5, 5.41) is 10.7. The highest BCUT2D eigenvalue weighted by atomic mass is 16.3. The summed E-state index contributed by atoms with van der Waals surface area (Å²) in [6.07, 6.45) is 1.76. The number of nitrogens with two attached hydrogens (primary N) is 1. The van der Waals surface area contributed by atoms with Crippen molar-refractivity contribution in [3.8, 4) is 17.1 Å². The van der Waals surface area contributed by atoms with E-state index in [4.69, 9.17) is 5.73 Å². The molecular weight excluding hydrogens is 238 g/mol. The third kappa shape index (κ3) is 1.86. The molecule has 0 aliphatic carbocycles. The molecule has 3 N–H and O–H groups in total. The van der Waals surface area contributed by atoms with Crippen LogP contribution in [0.4, 0.5) is 0 Å². The van der Waals surface area contributed by atoms with Gasteiger partial charge in [-0.1, -0.05) is 6.07 Å². The predicted octanol–water partition coefficient (Wildman–Crippen LogP) is 2.40. The topological polar surface area (TPSA) is 64.1 Å². The maximum absolute atomic E-state index is 9.90. The van der Waals surface area contributed by atoms with Gasteiger partial charge in [-0.05, 0) is 35.9 Å². The van der Waals surface area contributed by atoms with E-state index in [0.717, 1.165) is 27.9 Å². The minimum Gasteiger partial charge on any atom is -0.507 e. The number of phenolic OH excluding ortho intramolecular Hbond substituents is 1. The molecule has 4 heteroatoms. The molecule has 0 spiro atoms. The number of benzene rings is 1. The molecule has 96 valence electrons. The highest BCUT2D eigenvalue weighted by molar-refractivity contribution is 5.91. The maximum Gasteiger partial charge on any atom is 0.124 e. The quantitative estimate of drug-likeness (QED) is 0.737. The number of aryl methyl sites for hydroxylation is 1. The first-order valence-electron chi connectivity index (χ1n) is 6.13. The lowest BCUT2D eigenvalue weighted by Crippen LogP contribution is -1.98. The number of aromatic nitrogens is 2. The molecule has 3 rings (SSSR count). The van der Waals surface area contributed by atoms with Gasteiger partial charge in [0.25, 0.3) is 0 Å². The molecule has 19 heavy (non-hydrogen) atoms. The Morgan fingerprint density at radius 1 is 1.26 bits per heavy atom. The zero-order chi connectivity index (χ0) is 13.4. The summed E-state index contributed by atoms with van der Waals surface area (Å²) in [5.74, 6) is 0.286. The molecule has 0 bridgehead atoms. The molecule has 2 aromatic heterocycles. The van der Waals surface area contributed by atoms with Crippen LogP contribution in [0.5, 0.6) is 5.75 Å². The largest absolute Gasteiger partial charge is 0.507 e. The molecule has 0 radical (unpaired) electrons. The van der Waals surface area contributed by atoms with Crippen LogP contribution in [-0.4, -0.2) is 14.7 Å². The second kappa shape index (κ2) is 4.40. The van der Waals surface area contributed by atoms with E-state index in [9.17, 15) is 5.11 Å². The van der Waals surface area contributed by atoms with E-state index in [1.165, 1.54) is 0 Å². The number of nitrogens with zero attached hydrogens (tertiary/aromatic N) is 2. The Bertz CT molecular complexity index is 746. The third-order valence-electron chi connectivity index (χ3n) is 3.39. The van der Waals surface area contributed by atoms with Crippen LogP contribution in [0.3, 0.4) is 0 Å². The first-order valence-corrected chi connectivity index (χ1v) is 6.13. The monoisotopic (exact) mass is 253 g/mol. The standard InChI is InChI=1S/C15H15N3O/c1-18-13-3-2-4-15(19)11(13)8-14(18)12-7-10(9-16)5-6-17-12/h2-8,19H,9,16H2,1H3. The van der Waals surface area contributed by atoms with Crippen molar-refractivity contribution in [1.82, 2.24) is 9.55 Å². The summed E-state index contributed by atoms with van der Waals surface area (Å²) in [6, 6.07) is 11.3. The summed E-state index contributed by atoms with van der Waals surface area (Å²) in [6.45, 7) is 0.491. The Hall–Kier alpha value is -2.33. The van der Waals surface area contributed by atoms with E-state index in [0.29, 0.717) is 6.54 Å². The average molecular weight is 253 g/mol. The second-order valence-corrected chi connectivity index (χ2v) is 4.55. The molecule has 0 aliphatic heterocycles. The number of hydrogen-bond donors (Lipinski definition) is 2. The van der Waals surface area contributed by atoms with E-state index < -0.39 is 0 Å². The number of rotatable bonds is 2. The lowest BCUT2D eigenvalue weighted by Gasteiger charge is -2.05. The van der Waals surface area contributed by atoms with Crippen molar-refractivity contribution in [2.45, 2.75) is 6.54 Å². The fourth-order valence-electron chi connectivity index (χ4n) is 2.33. The molecule has 3 aromatic rings. The Balaban J connectivity index is 2.25. The van der Waals surface area contributed by atoms with E-state index in [1.807, 2.05) is 41.9 Å². The van der Waals surface area contributed by atoms with Crippen LogP contribution in [-0.2, 0) is 13.6 Å². The highest BCUT2D eigenvalue weighted by Crippen LogP contribution is 2.31.